The van der Waals surface area contributed by atoms with Crippen LogP contribution in [-0.2, 0) is 21.2 Å². The van der Waals surface area contributed by atoms with Gasteiger partial charge in [0.1, 0.15) is 17.3 Å². The number of nitrogens with zero attached hydrogens (tertiary/aromatic N) is 2. The number of hydrogen-bond acceptors (Lipinski definition) is 5. The molecule has 30 heavy (non-hydrogen) atoms. The van der Waals surface area contributed by atoms with Crippen molar-refractivity contribution >= 4 is 15.9 Å². The number of carbonyl (C=O) groups is 1. The van der Waals surface area contributed by atoms with Gasteiger partial charge in [-0.15, -0.1) is 0 Å². The van der Waals surface area contributed by atoms with Gasteiger partial charge in [-0.1, -0.05) is 6.07 Å². The van der Waals surface area contributed by atoms with Crippen LogP contribution in [0, 0.1) is 5.82 Å². The maximum Gasteiger partial charge on any atom is 0.243 e. The average molecular weight is 437 g/mol. The Labute approximate surface area is 176 Å². The van der Waals surface area contributed by atoms with Crippen LogP contribution in [0.15, 0.2) is 47.4 Å². The molecule has 0 aromatic heterocycles. The van der Waals surface area contributed by atoms with Crippen LogP contribution in [0.5, 0.6) is 11.5 Å². The molecule has 0 radical (unpaired) electrons. The van der Waals surface area contributed by atoms with Crippen LogP contribution < -0.4 is 9.47 Å². The summed E-state index contributed by atoms with van der Waals surface area (Å²) in [5.74, 6) is 0.680. The average Bonchev–Trinajstić information content (AvgIpc) is 2.77. The van der Waals surface area contributed by atoms with Crippen LogP contribution in [0.4, 0.5) is 4.39 Å². The monoisotopic (exact) mass is 436 g/mol. The summed E-state index contributed by atoms with van der Waals surface area (Å²) in [4.78, 5) is 14.2. The first-order valence-corrected chi connectivity index (χ1v) is 11.0. The van der Waals surface area contributed by atoms with Crippen molar-refractivity contribution < 1.29 is 27.1 Å². The van der Waals surface area contributed by atoms with E-state index < -0.39 is 15.8 Å². The van der Waals surface area contributed by atoms with Crippen molar-refractivity contribution in [1.82, 2.24) is 9.21 Å². The van der Waals surface area contributed by atoms with Gasteiger partial charge in [0.15, 0.2) is 0 Å². The summed E-state index contributed by atoms with van der Waals surface area (Å²) in [5.41, 5.74) is 0.923. The zero-order valence-corrected chi connectivity index (χ0v) is 17.8. The molecule has 7 nitrogen and oxygen atoms in total. The van der Waals surface area contributed by atoms with E-state index in [4.69, 9.17) is 9.47 Å². The van der Waals surface area contributed by atoms with E-state index >= 15 is 0 Å². The second kappa shape index (κ2) is 9.44. The van der Waals surface area contributed by atoms with Gasteiger partial charge in [0.2, 0.25) is 15.9 Å². The van der Waals surface area contributed by atoms with Gasteiger partial charge in [-0.2, -0.15) is 4.31 Å². The summed E-state index contributed by atoms with van der Waals surface area (Å²) in [5, 5.41) is 0. The lowest BCUT2D eigenvalue weighted by atomic mass is 10.1. The van der Waals surface area contributed by atoms with Gasteiger partial charge in [-0.25, -0.2) is 12.8 Å². The van der Waals surface area contributed by atoms with E-state index in [-0.39, 0.29) is 23.9 Å². The summed E-state index contributed by atoms with van der Waals surface area (Å²) in [6, 6.07) is 10.4. The molecule has 0 N–H and O–H groups in total. The Morgan fingerprint density at radius 3 is 2.20 bits per heavy atom. The molecule has 1 fully saturated rings. The van der Waals surface area contributed by atoms with Crippen molar-refractivity contribution in [3.05, 3.63) is 53.8 Å². The first-order chi connectivity index (χ1) is 14.3. The molecule has 0 bridgehead atoms. The Balaban J connectivity index is 1.57. The molecule has 0 saturated carbocycles. The molecular weight excluding hydrogens is 411 g/mol. The molecule has 162 valence electrons. The number of halogens is 1. The van der Waals surface area contributed by atoms with E-state index in [0.717, 1.165) is 11.6 Å². The number of hydrogen-bond donors (Lipinski definition) is 0. The number of methoxy groups -OCH3 is 2. The van der Waals surface area contributed by atoms with E-state index in [9.17, 15) is 17.6 Å². The Kier molecular flexibility index (Phi) is 6.94. The third-order valence-corrected chi connectivity index (χ3v) is 6.96. The molecule has 1 heterocycles. The van der Waals surface area contributed by atoms with Crippen LogP contribution in [0.3, 0.4) is 0 Å². The Bertz CT molecular complexity index is 982. The molecule has 0 spiro atoms. The molecule has 1 amide bonds. The normalized spacial score (nSPS) is 15.1. The fourth-order valence-corrected chi connectivity index (χ4v) is 4.83. The van der Waals surface area contributed by atoms with Crippen molar-refractivity contribution in [3.63, 3.8) is 0 Å². The zero-order chi connectivity index (χ0) is 21.7. The SMILES string of the molecule is COc1cc(CCC(=O)N2CCN(S(=O)(=O)c3cccc(F)c3)CC2)cc(OC)c1. The Hall–Kier alpha value is -2.65. The minimum atomic E-state index is -3.78. The molecule has 2 aromatic rings. The molecule has 1 saturated heterocycles. The summed E-state index contributed by atoms with van der Waals surface area (Å²) >= 11 is 0. The molecule has 0 atom stereocenters. The highest BCUT2D eigenvalue weighted by molar-refractivity contribution is 7.89. The summed E-state index contributed by atoms with van der Waals surface area (Å²) < 4.78 is 50.5. The predicted octanol–water partition coefficient (Wildman–Crippen LogP) is 2.31. The van der Waals surface area contributed by atoms with Crippen LogP contribution >= 0.6 is 0 Å². The quantitative estimate of drug-likeness (QED) is 0.666. The first kappa shape index (κ1) is 22.0. The molecular formula is C21H25FN2O5S. The van der Waals surface area contributed by atoms with E-state index in [0.29, 0.717) is 37.4 Å². The van der Waals surface area contributed by atoms with Crippen molar-refractivity contribution in [2.45, 2.75) is 17.7 Å². The number of piperazine rings is 1. The van der Waals surface area contributed by atoms with Crippen LogP contribution in [0.1, 0.15) is 12.0 Å². The molecule has 9 heteroatoms. The molecule has 0 aliphatic carbocycles. The molecule has 0 unspecified atom stereocenters. The van der Waals surface area contributed by atoms with Gasteiger partial charge >= 0.3 is 0 Å². The standard InChI is InChI=1S/C21H25FN2O5S/c1-28-18-12-16(13-19(15-18)29-2)6-7-21(25)23-8-10-24(11-9-23)30(26,27)20-5-3-4-17(22)14-20/h3-5,12-15H,6-11H2,1-2H3. The van der Waals surface area contributed by atoms with Crippen LogP contribution in [-0.4, -0.2) is 63.9 Å². The van der Waals surface area contributed by atoms with Gasteiger partial charge in [-0.3, -0.25) is 4.79 Å². The molecule has 1 aliphatic rings. The van der Waals surface area contributed by atoms with Gasteiger partial charge in [-0.05, 0) is 42.3 Å². The third kappa shape index (κ3) is 5.09. The number of amides is 1. The highest BCUT2D eigenvalue weighted by atomic mass is 32.2. The van der Waals surface area contributed by atoms with E-state index in [2.05, 4.69) is 0 Å². The largest absolute Gasteiger partial charge is 0.497 e. The maximum atomic E-state index is 13.4. The van der Waals surface area contributed by atoms with Crippen molar-refractivity contribution in [2.24, 2.45) is 0 Å². The van der Waals surface area contributed by atoms with Crippen molar-refractivity contribution in [1.29, 1.82) is 0 Å². The number of benzene rings is 2. The lowest BCUT2D eigenvalue weighted by Gasteiger charge is -2.34. The topological polar surface area (TPSA) is 76.2 Å². The van der Waals surface area contributed by atoms with E-state index in [1.165, 1.54) is 22.5 Å². The highest BCUT2D eigenvalue weighted by Crippen LogP contribution is 2.24. The second-order valence-corrected chi connectivity index (χ2v) is 8.90. The van der Waals surface area contributed by atoms with Crippen LogP contribution in [0.25, 0.3) is 0 Å². The lowest BCUT2D eigenvalue weighted by Crippen LogP contribution is -2.50. The minimum Gasteiger partial charge on any atom is -0.497 e. The molecule has 2 aromatic carbocycles. The van der Waals surface area contributed by atoms with Crippen molar-refractivity contribution in [2.75, 3.05) is 40.4 Å². The maximum absolute atomic E-state index is 13.4. The fraction of sp³-hybridized carbons (Fsp3) is 0.381. The lowest BCUT2D eigenvalue weighted by molar-refractivity contribution is -0.132. The summed E-state index contributed by atoms with van der Waals surface area (Å²) in [6.07, 6.45) is 0.821. The first-order valence-electron chi connectivity index (χ1n) is 9.59. The number of sulfonamides is 1. The minimum absolute atomic E-state index is 0.0420. The number of rotatable bonds is 7. The third-order valence-electron chi connectivity index (χ3n) is 5.06. The number of carbonyl (C=O) groups excluding carboxylic acids is 1. The fourth-order valence-electron chi connectivity index (χ4n) is 3.37. The Morgan fingerprint density at radius 2 is 1.63 bits per heavy atom. The van der Waals surface area contributed by atoms with Gasteiger partial charge in [0.25, 0.3) is 0 Å². The second-order valence-electron chi connectivity index (χ2n) is 6.96. The van der Waals surface area contributed by atoms with Gasteiger partial charge in [0, 0.05) is 38.7 Å². The smallest absolute Gasteiger partial charge is 0.243 e. The van der Waals surface area contributed by atoms with Crippen LogP contribution in [0.2, 0.25) is 0 Å². The summed E-state index contributed by atoms with van der Waals surface area (Å²) in [6.45, 7) is 0.957. The van der Waals surface area contributed by atoms with Crippen molar-refractivity contribution in [3.8, 4) is 11.5 Å². The Morgan fingerprint density at radius 1 is 1.00 bits per heavy atom. The van der Waals surface area contributed by atoms with Gasteiger partial charge in [0.05, 0.1) is 19.1 Å². The highest BCUT2D eigenvalue weighted by Gasteiger charge is 2.30. The molecule has 1 aliphatic heterocycles. The summed E-state index contributed by atoms with van der Waals surface area (Å²) in [7, 11) is -0.636. The molecule has 3 rings (SSSR count). The number of aryl methyl sites for hydroxylation is 1. The van der Waals surface area contributed by atoms with Gasteiger partial charge < -0.3 is 14.4 Å². The zero-order valence-electron chi connectivity index (χ0n) is 17.0. The predicted molar refractivity (Wildman–Crippen MR) is 110 cm³/mol. The van der Waals surface area contributed by atoms with E-state index in [1.54, 1.807) is 25.2 Å². The number of ether oxygens (including phenoxy) is 2. The van der Waals surface area contributed by atoms with E-state index in [1.807, 2.05) is 12.1 Å².